The van der Waals surface area contributed by atoms with Crippen molar-refractivity contribution in [2.75, 3.05) is 11.6 Å². The van der Waals surface area contributed by atoms with E-state index in [4.69, 9.17) is 17.4 Å². The normalized spacial score (nSPS) is 20.7. The van der Waals surface area contributed by atoms with Gasteiger partial charge in [-0.2, -0.15) is 0 Å². The molecule has 8 heteroatoms. The van der Waals surface area contributed by atoms with E-state index in [-0.39, 0.29) is 18.0 Å². The van der Waals surface area contributed by atoms with Gasteiger partial charge < -0.3 is 10.7 Å². The summed E-state index contributed by atoms with van der Waals surface area (Å²) in [4.78, 5) is 14.6. The summed E-state index contributed by atoms with van der Waals surface area (Å²) in [5.74, 6) is 7.01. The quantitative estimate of drug-likeness (QED) is 0.652. The Kier molecular flexibility index (Phi) is 5.54. The Morgan fingerprint density at radius 2 is 1.96 bits per heavy atom. The standard InChI is InChI=1S/C17H22ClN5OS/c1-11-6-5-7-12(2)22(11)15(24)10-25-17-21-20-16(23(17)19)13-8-3-4-9-14(13)18/h3-4,8-9,11-12H,5-7,10,19H2,1-2H3. The van der Waals surface area contributed by atoms with Gasteiger partial charge in [-0.15, -0.1) is 10.2 Å². The molecule has 0 aliphatic carbocycles. The molecule has 1 saturated heterocycles. The highest BCUT2D eigenvalue weighted by molar-refractivity contribution is 7.99. The summed E-state index contributed by atoms with van der Waals surface area (Å²) in [7, 11) is 0. The van der Waals surface area contributed by atoms with Gasteiger partial charge in [-0.1, -0.05) is 35.5 Å². The maximum atomic E-state index is 12.6. The predicted molar refractivity (Wildman–Crippen MR) is 101 cm³/mol. The van der Waals surface area contributed by atoms with Crippen molar-refractivity contribution in [3.05, 3.63) is 29.3 Å². The number of carbonyl (C=O) groups is 1. The zero-order valence-corrected chi connectivity index (χ0v) is 15.9. The number of hydrogen-bond donors (Lipinski definition) is 1. The van der Waals surface area contributed by atoms with E-state index < -0.39 is 0 Å². The number of amides is 1. The molecular formula is C17H22ClN5OS. The van der Waals surface area contributed by atoms with Gasteiger partial charge in [0.1, 0.15) is 0 Å². The summed E-state index contributed by atoms with van der Waals surface area (Å²) in [6, 6.07) is 7.90. The van der Waals surface area contributed by atoms with E-state index >= 15 is 0 Å². The first kappa shape index (κ1) is 18.1. The molecule has 134 valence electrons. The molecule has 2 aromatic rings. The number of halogens is 1. The molecule has 3 rings (SSSR count). The van der Waals surface area contributed by atoms with E-state index in [2.05, 4.69) is 24.0 Å². The summed E-state index contributed by atoms with van der Waals surface area (Å²) in [5.41, 5.74) is 0.718. The first-order chi connectivity index (χ1) is 12.0. The number of benzene rings is 1. The first-order valence-electron chi connectivity index (χ1n) is 8.38. The first-order valence-corrected chi connectivity index (χ1v) is 9.74. The number of rotatable bonds is 4. The number of likely N-dealkylation sites (tertiary alicyclic amines) is 1. The molecule has 2 atom stereocenters. The van der Waals surface area contributed by atoms with Gasteiger partial charge in [0.25, 0.3) is 0 Å². The molecule has 1 aromatic heterocycles. The van der Waals surface area contributed by atoms with Crippen LogP contribution in [0.3, 0.4) is 0 Å². The van der Waals surface area contributed by atoms with Crippen molar-refractivity contribution in [3.8, 4) is 11.4 Å². The van der Waals surface area contributed by atoms with Gasteiger partial charge in [-0.3, -0.25) is 4.79 Å². The van der Waals surface area contributed by atoms with Crippen molar-refractivity contribution in [1.29, 1.82) is 0 Å². The lowest BCUT2D eigenvalue weighted by Gasteiger charge is -2.39. The molecule has 0 radical (unpaired) electrons. The summed E-state index contributed by atoms with van der Waals surface area (Å²) in [6.45, 7) is 4.22. The van der Waals surface area contributed by atoms with E-state index in [0.29, 0.717) is 21.8 Å². The fourth-order valence-electron chi connectivity index (χ4n) is 3.32. The zero-order valence-electron chi connectivity index (χ0n) is 14.4. The van der Waals surface area contributed by atoms with E-state index in [9.17, 15) is 4.79 Å². The predicted octanol–water partition coefficient (Wildman–Crippen LogP) is 3.19. The van der Waals surface area contributed by atoms with Gasteiger partial charge in [-0.05, 0) is 45.2 Å². The minimum atomic E-state index is 0.118. The zero-order chi connectivity index (χ0) is 18.0. The van der Waals surface area contributed by atoms with Crippen molar-refractivity contribution < 1.29 is 4.79 Å². The third-order valence-electron chi connectivity index (χ3n) is 4.59. The largest absolute Gasteiger partial charge is 0.337 e. The van der Waals surface area contributed by atoms with Crippen LogP contribution in [0.5, 0.6) is 0 Å². The van der Waals surface area contributed by atoms with Gasteiger partial charge in [-0.25, -0.2) is 4.68 Å². The van der Waals surface area contributed by atoms with Crippen molar-refractivity contribution in [1.82, 2.24) is 19.8 Å². The summed E-state index contributed by atoms with van der Waals surface area (Å²) in [6.07, 6.45) is 3.30. The van der Waals surface area contributed by atoms with Crippen LogP contribution in [0.4, 0.5) is 0 Å². The third kappa shape index (κ3) is 3.77. The van der Waals surface area contributed by atoms with E-state index in [1.54, 1.807) is 6.07 Å². The smallest absolute Gasteiger partial charge is 0.233 e. The van der Waals surface area contributed by atoms with Gasteiger partial charge in [0.15, 0.2) is 5.82 Å². The Morgan fingerprint density at radius 1 is 1.28 bits per heavy atom. The number of thioether (sulfide) groups is 1. The maximum Gasteiger partial charge on any atom is 0.233 e. The van der Waals surface area contributed by atoms with Crippen LogP contribution in [0.2, 0.25) is 5.02 Å². The van der Waals surface area contributed by atoms with Gasteiger partial charge in [0, 0.05) is 17.6 Å². The van der Waals surface area contributed by atoms with Crippen LogP contribution in [-0.4, -0.2) is 43.5 Å². The Morgan fingerprint density at radius 3 is 2.64 bits per heavy atom. The highest BCUT2D eigenvalue weighted by Gasteiger charge is 2.29. The highest BCUT2D eigenvalue weighted by Crippen LogP contribution is 2.28. The van der Waals surface area contributed by atoms with Crippen LogP contribution in [0.1, 0.15) is 33.1 Å². The third-order valence-corrected chi connectivity index (χ3v) is 5.84. The van der Waals surface area contributed by atoms with Crippen LogP contribution >= 0.6 is 23.4 Å². The number of aromatic nitrogens is 3. The fraction of sp³-hybridized carbons (Fsp3) is 0.471. The minimum absolute atomic E-state index is 0.118. The van der Waals surface area contributed by atoms with Crippen molar-refractivity contribution in [3.63, 3.8) is 0 Å². The molecule has 0 saturated carbocycles. The highest BCUT2D eigenvalue weighted by atomic mass is 35.5. The van der Waals surface area contributed by atoms with Gasteiger partial charge in [0.2, 0.25) is 11.1 Å². The Labute approximate surface area is 156 Å². The van der Waals surface area contributed by atoms with Crippen molar-refractivity contribution in [2.45, 2.75) is 50.4 Å². The van der Waals surface area contributed by atoms with Crippen LogP contribution < -0.4 is 5.84 Å². The average Bonchev–Trinajstić information content (AvgIpc) is 2.94. The average molecular weight is 380 g/mol. The second kappa shape index (κ2) is 7.66. The lowest BCUT2D eigenvalue weighted by atomic mass is 9.98. The van der Waals surface area contributed by atoms with Gasteiger partial charge in [0.05, 0.1) is 10.8 Å². The number of nitrogens with zero attached hydrogens (tertiary/aromatic N) is 4. The molecule has 0 spiro atoms. The fourth-order valence-corrected chi connectivity index (χ4v) is 4.26. The second-order valence-electron chi connectivity index (χ2n) is 6.37. The van der Waals surface area contributed by atoms with Crippen LogP contribution in [0, 0.1) is 0 Å². The molecule has 0 bridgehead atoms. The van der Waals surface area contributed by atoms with E-state index in [0.717, 1.165) is 18.4 Å². The summed E-state index contributed by atoms with van der Waals surface area (Å²) >= 11 is 7.50. The van der Waals surface area contributed by atoms with E-state index in [1.165, 1.54) is 22.9 Å². The maximum absolute atomic E-state index is 12.6. The van der Waals surface area contributed by atoms with Crippen LogP contribution in [0.15, 0.2) is 29.4 Å². The monoisotopic (exact) mass is 379 g/mol. The molecule has 2 heterocycles. The molecule has 2 N–H and O–H groups in total. The molecular weight excluding hydrogens is 358 g/mol. The summed E-state index contributed by atoms with van der Waals surface area (Å²) < 4.78 is 1.39. The second-order valence-corrected chi connectivity index (χ2v) is 7.72. The molecule has 1 aromatic carbocycles. The number of carbonyl (C=O) groups excluding carboxylic acids is 1. The molecule has 1 amide bonds. The van der Waals surface area contributed by atoms with Crippen LogP contribution in [-0.2, 0) is 4.79 Å². The Balaban J connectivity index is 1.70. The lowest BCUT2D eigenvalue weighted by Crippen LogP contribution is -2.48. The van der Waals surface area contributed by atoms with Crippen molar-refractivity contribution >= 4 is 29.3 Å². The number of piperidine rings is 1. The number of nitrogen functional groups attached to an aromatic ring is 1. The molecule has 1 fully saturated rings. The molecule has 25 heavy (non-hydrogen) atoms. The Hall–Kier alpha value is -1.73. The number of nitrogens with two attached hydrogens (primary N) is 1. The van der Waals surface area contributed by atoms with Crippen molar-refractivity contribution in [2.24, 2.45) is 0 Å². The molecule has 2 unspecified atom stereocenters. The van der Waals surface area contributed by atoms with E-state index in [1.807, 2.05) is 23.1 Å². The topological polar surface area (TPSA) is 77.0 Å². The molecule has 6 nitrogen and oxygen atoms in total. The van der Waals surface area contributed by atoms with Gasteiger partial charge >= 0.3 is 0 Å². The SMILES string of the molecule is CC1CCCC(C)N1C(=O)CSc1nnc(-c2ccccc2Cl)n1N. The lowest BCUT2D eigenvalue weighted by molar-refractivity contribution is -0.134. The molecule has 1 aliphatic rings. The minimum Gasteiger partial charge on any atom is -0.337 e. The number of hydrogen-bond acceptors (Lipinski definition) is 5. The van der Waals surface area contributed by atoms with Crippen LogP contribution in [0.25, 0.3) is 11.4 Å². The summed E-state index contributed by atoms with van der Waals surface area (Å²) in [5, 5.41) is 9.30. The Bertz CT molecular complexity index is 755. The molecule has 1 aliphatic heterocycles.